The molecule has 0 N–H and O–H groups in total. The minimum absolute atomic E-state index is 0.222. The van der Waals surface area contributed by atoms with Crippen LogP contribution in [0.2, 0.25) is 0 Å². The molecule has 68 valence electrons. The fourth-order valence-electron chi connectivity index (χ4n) is 2.65. The highest BCUT2D eigenvalue weighted by atomic mass is 16.6. The largest absolute Gasteiger partial charge is 0.370 e. The standard InChI is InChI=1S/C10H16O2/c1-9-5-7(10(2)6-11-10)3-4-8(9)12-9/h7-8H,3-6H2,1-2H3. The van der Waals surface area contributed by atoms with Crippen LogP contribution in [0.1, 0.15) is 33.1 Å². The van der Waals surface area contributed by atoms with Gasteiger partial charge in [0.25, 0.3) is 0 Å². The van der Waals surface area contributed by atoms with Crippen molar-refractivity contribution in [1.29, 1.82) is 0 Å². The maximum absolute atomic E-state index is 5.66. The average Bonchev–Trinajstić information content (AvgIpc) is 2.86. The highest BCUT2D eigenvalue weighted by Gasteiger charge is 2.60. The van der Waals surface area contributed by atoms with Crippen LogP contribution >= 0.6 is 0 Å². The first-order valence-electron chi connectivity index (χ1n) is 4.94. The smallest absolute Gasteiger partial charge is 0.0924 e. The molecule has 2 heterocycles. The fraction of sp³-hybridized carbons (Fsp3) is 1.00. The van der Waals surface area contributed by atoms with Crippen molar-refractivity contribution in [2.45, 2.75) is 50.4 Å². The van der Waals surface area contributed by atoms with E-state index in [2.05, 4.69) is 13.8 Å². The van der Waals surface area contributed by atoms with E-state index in [1.807, 2.05) is 0 Å². The van der Waals surface area contributed by atoms with E-state index < -0.39 is 0 Å². The van der Waals surface area contributed by atoms with Gasteiger partial charge < -0.3 is 9.47 Å². The van der Waals surface area contributed by atoms with Gasteiger partial charge in [0, 0.05) is 0 Å². The van der Waals surface area contributed by atoms with Gasteiger partial charge in [0.2, 0.25) is 0 Å². The van der Waals surface area contributed by atoms with Gasteiger partial charge in [-0.25, -0.2) is 0 Å². The third kappa shape index (κ3) is 0.882. The van der Waals surface area contributed by atoms with Gasteiger partial charge in [0.15, 0.2) is 0 Å². The molecule has 3 fully saturated rings. The summed E-state index contributed by atoms with van der Waals surface area (Å²) in [6, 6.07) is 0. The molecule has 2 nitrogen and oxygen atoms in total. The van der Waals surface area contributed by atoms with Crippen molar-refractivity contribution in [3.8, 4) is 0 Å². The van der Waals surface area contributed by atoms with Gasteiger partial charge in [-0.1, -0.05) is 0 Å². The zero-order chi connectivity index (χ0) is 8.40. The summed E-state index contributed by atoms with van der Waals surface area (Å²) in [6.07, 6.45) is 4.35. The summed E-state index contributed by atoms with van der Waals surface area (Å²) in [6.45, 7) is 5.46. The van der Waals surface area contributed by atoms with Crippen molar-refractivity contribution in [2.24, 2.45) is 5.92 Å². The zero-order valence-electron chi connectivity index (χ0n) is 7.80. The number of hydrogen-bond donors (Lipinski definition) is 0. The Bertz CT molecular complexity index is 222. The number of rotatable bonds is 1. The maximum Gasteiger partial charge on any atom is 0.0924 e. The summed E-state index contributed by atoms with van der Waals surface area (Å²) >= 11 is 0. The van der Waals surface area contributed by atoms with Crippen molar-refractivity contribution in [3.63, 3.8) is 0 Å². The summed E-state index contributed by atoms with van der Waals surface area (Å²) in [5.41, 5.74) is 0.456. The van der Waals surface area contributed by atoms with Crippen LogP contribution in [0, 0.1) is 5.92 Å². The molecule has 4 unspecified atom stereocenters. The highest BCUT2D eigenvalue weighted by Crippen LogP contribution is 2.54. The topological polar surface area (TPSA) is 25.1 Å². The van der Waals surface area contributed by atoms with Gasteiger partial charge in [-0.05, 0) is 39.0 Å². The number of epoxide rings is 2. The van der Waals surface area contributed by atoms with Crippen LogP contribution < -0.4 is 0 Å². The molecule has 0 radical (unpaired) electrons. The molecule has 0 aromatic heterocycles. The highest BCUT2D eigenvalue weighted by molar-refractivity contribution is 5.09. The molecule has 1 saturated carbocycles. The predicted octanol–water partition coefficient (Wildman–Crippen LogP) is 1.73. The van der Waals surface area contributed by atoms with Crippen LogP contribution in [0.4, 0.5) is 0 Å². The van der Waals surface area contributed by atoms with Crippen LogP contribution in [0.25, 0.3) is 0 Å². The van der Waals surface area contributed by atoms with Gasteiger partial charge in [-0.15, -0.1) is 0 Å². The first-order valence-corrected chi connectivity index (χ1v) is 4.94. The second kappa shape index (κ2) is 1.88. The number of hydrogen-bond acceptors (Lipinski definition) is 2. The van der Waals surface area contributed by atoms with Gasteiger partial charge >= 0.3 is 0 Å². The maximum atomic E-state index is 5.66. The van der Waals surface area contributed by atoms with Crippen molar-refractivity contribution in [2.75, 3.05) is 6.61 Å². The third-order valence-electron chi connectivity index (χ3n) is 3.93. The van der Waals surface area contributed by atoms with Crippen LogP contribution in [-0.4, -0.2) is 23.9 Å². The van der Waals surface area contributed by atoms with E-state index in [1.165, 1.54) is 19.3 Å². The molecule has 3 rings (SSSR count). The molecule has 0 aromatic rings. The van der Waals surface area contributed by atoms with E-state index >= 15 is 0 Å². The third-order valence-corrected chi connectivity index (χ3v) is 3.93. The molecule has 0 aromatic carbocycles. The lowest BCUT2D eigenvalue weighted by Gasteiger charge is -2.26. The minimum atomic E-state index is 0.222. The van der Waals surface area contributed by atoms with Crippen LogP contribution in [-0.2, 0) is 9.47 Å². The van der Waals surface area contributed by atoms with Crippen LogP contribution in [0.3, 0.4) is 0 Å². The Kier molecular flexibility index (Phi) is 1.15. The molecular weight excluding hydrogens is 152 g/mol. The Morgan fingerprint density at radius 2 is 1.92 bits per heavy atom. The number of ether oxygens (including phenoxy) is 2. The van der Waals surface area contributed by atoms with Crippen molar-refractivity contribution in [1.82, 2.24) is 0 Å². The lowest BCUT2D eigenvalue weighted by molar-refractivity contribution is 0.174. The van der Waals surface area contributed by atoms with Crippen molar-refractivity contribution >= 4 is 0 Å². The molecule has 2 aliphatic heterocycles. The Morgan fingerprint density at radius 1 is 1.17 bits per heavy atom. The summed E-state index contributed by atoms with van der Waals surface area (Å²) < 4.78 is 11.2. The molecule has 0 amide bonds. The quantitative estimate of drug-likeness (QED) is 0.557. The first kappa shape index (κ1) is 7.34. The lowest BCUT2D eigenvalue weighted by atomic mass is 9.76. The molecule has 1 aliphatic carbocycles. The molecular formula is C10H16O2. The fourth-order valence-corrected chi connectivity index (χ4v) is 2.65. The summed E-state index contributed by atoms with van der Waals surface area (Å²) in [5.74, 6) is 0.751. The Balaban J connectivity index is 1.74. The molecule has 4 atom stereocenters. The van der Waals surface area contributed by atoms with E-state index in [0.29, 0.717) is 6.10 Å². The normalized spacial score (nSPS) is 62.5. The average molecular weight is 168 g/mol. The lowest BCUT2D eigenvalue weighted by Crippen LogP contribution is -2.31. The molecule has 0 spiro atoms. The van der Waals surface area contributed by atoms with Gasteiger partial charge in [0.1, 0.15) is 0 Å². The van der Waals surface area contributed by atoms with E-state index in [9.17, 15) is 0 Å². The van der Waals surface area contributed by atoms with E-state index in [0.717, 1.165) is 12.5 Å². The van der Waals surface area contributed by atoms with E-state index in [4.69, 9.17) is 9.47 Å². The van der Waals surface area contributed by atoms with Gasteiger partial charge in [-0.2, -0.15) is 0 Å². The monoisotopic (exact) mass is 168 g/mol. The van der Waals surface area contributed by atoms with E-state index in [1.54, 1.807) is 0 Å². The zero-order valence-corrected chi connectivity index (χ0v) is 7.80. The molecule has 3 aliphatic rings. The van der Waals surface area contributed by atoms with Crippen molar-refractivity contribution in [3.05, 3.63) is 0 Å². The van der Waals surface area contributed by atoms with E-state index in [-0.39, 0.29) is 11.2 Å². The Labute approximate surface area is 73.2 Å². The minimum Gasteiger partial charge on any atom is -0.370 e. The SMILES string of the molecule is CC1(C2CCC3OC3(C)C2)CO1. The second-order valence-corrected chi connectivity index (χ2v) is 5.00. The summed E-state index contributed by atoms with van der Waals surface area (Å²) in [7, 11) is 0. The van der Waals surface area contributed by atoms with Crippen LogP contribution in [0.5, 0.6) is 0 Å². The summed E-state index contributed by atoms with van der Waals surface area (Å²) in [5, 5.41) is 0. The molecule has 2 heteroatoms. The predicted molar refractivity (Wildman–Crippen MR) is 45.0 cm³/mol. The summed E-state index contributed by atoms with van der Waals surface area (Å²) in [4.78, 5) is 0. The van der Waals surface area contributed by atoms with Gasteiger partial charge in [-0.3, -0.25) is 0 Å². The number of fused-ring (bicyclic) bond motifs is 1. The molecule has 12 heavy (non-hydrogen) atoms. The van der Waals surface area contributed by atoms with Gasteiger partial charge in [0.05, 0.1) is 23.9 Å². The van der Waals surface area contributed by atoms with Crippen LogP contribution in [0.15, 0.2) is 0 Å². The van der Waals surface area contributed by atoms with Crippen molar-refractivity contribution < 1.29 is 9.47 Å². The first-order chi connectivity index (χ1) is 5.62. The Hall–Kier alpha value is -0.0800. The Morgan fingerprint density at radius 3 is 2.50 bits per heavy atom. The molecule has 2 saturated heterocycles. The molecule has 0 bridgehead atoms. The second-order valence-electron chi connectivity index (χ2n) is 5.00.